The summed E-state index contributed by atoms with van der Waals surface area (Å²) in [6.07, 6.45) is 1.63. The van der Waals surface area contributed by atoms with E-state index in [4.69, 9.17) is 12.2 Å². The summed E-state index contributed by atoms with van der Waals surface area (Å²) >= 11 is 10.0. The van der Waals surface area contributed by atoms with Crippen LogP contribution in [0.2, 0.25) is 0 Å². The first-order valence-electron chi connectivity index (χ1n) is 8.56. The van der Waals surface area contributed by atoms with Crippen LogP contribution in [-0.2, 0) is 16.1 Å². The number of rotatable bonds is 4. The number of amides is 2. The van der Waals surface area contributed by atoms with Gasteiger partial charge in [-0.2, -0.15) is 0 Å². The minimum atomic E-state index is -0.245. The third-order valence-corrected chi connectivity index (χ3v) is 6.49. The van der Waals surface area contributed by atoms with Gasteiger partial charge in [-0.25, -0.2) is 0 Å². The zero-order valence-electron chi connectivity index (χ0n) is 14.7. The lowest BCUT2D eigenvalue weighted by Gasteiger charge is -2.17. The van der Waals surface area contributed by atoms with Crippen molar-refractivity contribution < 1.29 is 9.59 Å². The molecule has 0 bridgehead atoms. The molecule has 1 fully saturated rings. The van der Waals surface area contributed by atoms with Crippen molar-refractivity contribution in [2.24, 2.45) is 0 Å². The monoisotopic (exact) mass is 470 g/mol. The molecule has 4 rings (SSSR count). The Hall–Kier alpha value is -2.22. The van der Waals surface area contributed by atoms with Gasteiger partial charge in [0.15, 0.2) is 0 Å². The van der Waals surface area contributed by atoms with Crippen molar-refractivity contribution in [3.8, 4) is 0 Å². The molecule has 0 aliphatic carbocycles. The SMILES string of the molecule is C=CCN1C(=O)C(=C2C(=O)N(Cc3ccccc3)c3ccc(Br)cc32)SC1=S. The predicted octanol–water partition coefficient (Wildman–Crippen LogP) is 4.75. The van der Waals surface area contributed by atoms with Crippen molar-refractivity contribution in [2.45, 2.75) is 6.54 Å². The molecule has 0 radical (unpaired) electrons. The van der Waals surface area contributed by atoms with E-state index < -0.39 is 0 Å². The topological polar surface area (TPSA) is 40.6 Å². The molecule has 2 aliphatic heterocycles. The lowest BCUT2D eigenvalue weighted by atomic mass is 10.1. The van der Waals surface area contributed by atoms with E-state index in [1.54, 1.807) is 11.0 Å². The number of halogens is 1. The van der Waals surface area contributed by atoms with E-state index in [9.17, 15) is 9.59 Å². The van der Waals surface area contributed by atoms with Crippen LogP contribution in [0.5, 0.6) is 0 Å². The Labute approximate surface area is 181 Å². The third kappa shape index (κ3) is 3.23. The minimum absolute atomic E-state index is 0.184. The highest BCUT2D eigenvalue weighted by atomic mass is 79.9. The van der Waals surface area contributed by atoms with Gasteiger partial charge in [-0.15, -0.1) is 6.58 Å². The summed E-state index contributed by atoms with van der Waals surface area (Å²) < 4.78 is 1.29. The summed E-state index contributed by atoms with van der Waals surface area (Å²) in [5, 5.41) is 0. The molecule has 2 aliphatic rings. The predicted molar refractivity (Wildman–Crippen MR) is 121 cm³/mol. The van der Waals surface area contributed by atoms with Gasteiger partial charge in [0.2, 0.25) is 0 Å². The first-order chi connectivity index (χ1) is 13.5. The van der Waals surface area contributed by atoms with Crippen LogP contribution in [0, 0.1) is 0 Å². The summed E-state index contributed by atoms with van der Waals surface area (Å²) in [6.45, 7) is 4.44. The lowest BCUT2D eigenvalue weighted by molar-refractivity contribution is -0.122. The average Bonchev–Trinajstić information content (AvgIpc) is 3.10. The molecule has 1 saturated heterocycles. The second-order valence-corrected chi connectivity index (χ2v) is 8.87. The Bertz CT molecular complexity index is 1050. The molecule has 0 atom stereocenters. The Morgan fingerprint density at radius 2 is 1.82 bits per heavy atom. The number of anilines is 1. The van der Waals surface area contributed by atoms with Crippen molar-refractivity contribution in [3.63, 3.8) is 0 Å². The lowest BCUT2D eigenvalue weighted by Crippen LogP contribution is -2.29. The first-order valence-corrected chi connectivity index (χ1v) is 10.6. The third-order valence-electron chi connectivity index (χ3n) is 4.55. The second kappa shape index (κ2) is 7.66. The van der Waals surface area contributed by atoms with Crippen molar-refractivity contribution in [1.29, 1.82) is 0 Å². The summed E-state index contributed by atoms with van der Waals surface area (Å²) in [4.78, 5) is 29.9. The van der Waals surface area contributed by atoms with Crippen molar-refractivity contribution >= 4 is 67.3 Å². The Morgan fingerprint density at radius 1 is 1.07 bits per heavy atom. The molecule has 4 nitrogen and oxygen atoms in total. The normalized spacial score (nSPS) is 18.8. The molecule has 0 aromatic heterocycles. The summed E-state index contributed by atoms with van der Waals surface area (Å²) in [6, 6.07) is 15.5. The number of carbonyl (C=O) groups is 2. The summed E-state index contributed by atoms with van der Waals surface area (Å²) in [7, 11) is 0. The maximum atomic E-state index is 13.4. The van der Waals surface area contributed by atoms with Crippen LogP contribution in [0.25, 0.3) is 5.57 Å². The van der Waals surface area contributed by atoms with Gasteiger partial charge in [-0.05, 0) is 23.8 Å². The van der Waals surface area contributed by atoms with Gasteiger partial charge in [-0.1, -0.05) is 76.3 Å². The molecule has 2 amide bonds. The van der Waals surface area contributed by atoms with Gasteiger partial charge in [0.1, 0.15) is 4.32 Å². The number of carbonyl (C=O) groups excluding carboxylic acids is 2. The Morgan fingerprint density at radius 3 is 2.54 bits per heavy atom. The van der Waals surface area contributed by atoms with Crippen LogP contribution in [-0.4, -0.2) is 27.6 Å². The van der Waals surface area contributed by atoms with E-state index in [1.165, 1.54) is 16.7 Å². The summed E-state index contributed by atoms with van der Waals surface area (Å²) in [5.41, 5.74) is 2.97. The van der Waals surface area contributed by atoms with Crippen LogP contribution in [0.15, 0.2) is 70.6 Å². The maximum absolute atomic E-state index is 13.4. The molecular weight excluding hydrogens is 456 g/mol. The highest BCUT2D eigenvalue weighted by molar-refractivity contribution is 9.10. The van der Waals surface area contributed by atoms with Gasteiger partial charge < -0.3 is 4.90 Å². The standard InChI is InChI=1S/C21H15BrN2O2S2/c1-2-10-23-20(26)18(28-21(23)27)17-15-11-14(22)8-9-16(15)24(19(17)25)12-13-6-4-3-5-7-13/h2-9,11H,1,10,12H2. The second-order valence-electron chi connectivity index (χ2n) is 6.31. The molecule has 0 saturated carbocycles. The molecule has 0 spiro atoms. The number of hydrogen-bond acceptors (Lipinski definition) is 4. The first kappa shape index (κ1) is 19.1. The molecule has 2 heterocycles. The fourth-order valence-corrected chi connectivity index (χ4v) is 4.99. The van der Waals surface area contributed by atoms with Crippen LogP contribution in [0.1, 0.15) is 11.1 Å². The number of thioether (sulfide) groups is 1. The van der Waals surface area contributed by atoms with Gasteiger partial charge in [-0.3, -0.25) is 14.5 Å². The zero-order chi connectivity index (χ0) is 19.8. The van der Waals surface area contributed by atoms with Crippen molar-refractivity contribution in [3.05, 3.63) is 81.7 Å². The van der Waals surface area contributed by atoms with Gasteiger partial charge in [0.05, 0.1) is 22.7 Å². The van der Waals surface area contributed by atoms with E-state index in [0.29, 0.717) is 27.9 Å². The molecule has 0 unspecified atom stereocenters. The maximum Gasteiger partial charge on any atom is 0.267 e. The molecule has 2 aromatic carbocycles. The fourth-order valence-electron chi connectivity index (χ4n) is 3.28. The van der Waals surface area contributed by atoms with Gasteiger partial charge in [0.25, 0.3) is 11.8 Å². The largest absolute Gasteiger partial charge is 0.303 e. The quantitative estimate of drug-likeness (QED) is 0.367. The smallest absolute Gasteiger partial charge is 0.267 e. The van der Waals surface area contributed by atoms with Crippen LogP contribution >= 0.6 is 39.9 Å². The number of benzene rings is 2. The van der Waals surface area contributed by atoms with E-state index in [2.05, 4.69) is 22.5 Å². The van der Waals surface area contributed by atoms with E-state index >= 15 is 0 Å². The zero-order valence-corrected chi connectivity index (χ0v) is 17.9. The molecule has 0 N–H and O–H groups in total. The number of fused-ring (bicyclic) bond motifs is 1. The average molecular weight is 471 g/mol. The minimum Gasteiger partial charge on any atom is -0.303 e. The number of nitrogens with zero attached hydrogens (tertiary/aromatic N) is 2. The van der Waals surface area contributed by atoms with Gasteiger partial charge >= 0.3 is 0 Å². The van der Waals surface area contributed by atoms with E-state index in [0.717, 1.165) is 21.3 Å². The Kier molecular flexibility index (Phi) is 5.23. The van der Waals surface area contributed by atoms with Gasteiger partial charge in [0, 0.05) is 16.6 Å². The number of thiocarbonyl (C=S) groups is 1. The summed E-state index contributed by atoms with van der Waals surface area (Å²) in [5.74, 6) is -0.429. The molecular formula is C21H15BrN2O2S2. The van der Waals surface area contributed by atoms with Crippen molar-refractivity contribution in [2.75, 3.05) is 11.4 Å². The highest BCUT2D eigenvalue weighted by Gasteiger charge is 2.41. The molecule has 7 heteroatoms. The number of hydrogen-bond donors (Lipinski definition) is 0. The van der Waals surface area contributed by atoms with Crippen LogP contribution < -0.4 is 4.90 Å². The fraction of sp³-hybridized carbons (Fsp3) is 0.0952. The van der Waals surface area contributed by atoms with Crippen LogP contribution in [0.3, 0.4) is 0 Å². The van der Waals surface area contributed by atoms with E-state index in [1.807, 2.05) is 48.5 Å². The highest BCUT2D eigenvalue weighted by Crippen LogP contribution is 2.45. The van der Waals surface area contributed by atoms with Crippen molar-refractivity contribution in [1.82, 2.24) is 4.90 Å². The molecule has 140 valence electrons. The Balaban J connectivity index is 1.82. The molecule has 2 aromatic rings. The molecule has 28 heavy (non-hydrogen) atoms. The van der Waals surface area contributed by atoms with E-state index in [-0.39, 0.29) is 11.8 Å². The van der Waals surface area contributed by atoms with Crippen LogP contribution in [0.4, 0.5) is 5.69 Å².